The van der Waals surface area contributed by atoms with Crippen LogP contribution in [0.25, 0.3) is 10.9 Å². The van der Waals surface area contributed by atoms with Crippen molar-refractivity contribution in [1.82, 2.24) is 9.78 Å². The molecule has 0 radical (unpaired) electrons. The van der Waals surface area contributed by atoms with E-state index in [9.17, 15) is 18.0 Å². The van der Waals surface area contributed by atoms with Crippen molar-refractivity contribution in [2.45, 2.75) is 48.7 Å². The first-order chi connectivity index (χ1) is 15.7. The van der Waals surface area contributed by atoms with Crippen molar-refractivity contribution in [2.75, 3.05) is 12.4 Å². The molecule has 1 aliphatic carbocycles. The van der Waals surface area contributed by atoms with Crippen LogP contribution in [0.15, 0.2) is 42.6 Å². The molecule has 5 nitrogen and oxygen atoms in total. The standard InChI is InChI=1S/C24H25F3IN3O2/c1-14(28)15-5-9-19(10-6-15)31-13-17-11-21(22(33-2)12-20(17)30-31)29-23(32)16-3-7-18(8-4-16)24(25,26)27/h3-4,7-8,11-15,19H,5-6,9-10H2,1-2H3,(H,29,32)/t14?,15-,19-. The number of rotatable bonds is 5. The number of amides is 1. The Kier molecular flexibility index (Phi) is 6.88. The highest BCUT2D eigenvalue weighted by Gasteiger charge is 2.30. The molecule has 2 aromatic carbocycles. The number of ether oxygens (including phenoxy) is 1. The van der Waals surface area contributed by atoms with Gasteiger partial charge in [-0.15, -0.1) is 0 Å². The Hall–Kier alpha value is -2.30. The molecule has 33 heavy (non-hydrogen) atoms. The third kappa shape index (κ3) is 5.28. The Morgan fingerprint density at radius 2 is 1.85 bits per heavy atom. The number of hydrogen-bond donors (Lipinski definition) is 1. The highest BCUT2D eigenvalue weighted by atomic mass is 127. The molecule has 1 atom stereocenters. The zero-order valence-corrected chi connectivity index (χ0v) is 20.5. The van der Waals surface area contributed by atoms with Crippen molar-refractivity contribution in [2.24, 2.45) is 5.92 Å². The minimum Gasteiger partial charge on any atom is -0.494 e. The second-order valence-electron chi connectivity index (χ2n) is 8.50. The Morgan fingerprint density at radius 1 is 1.18 bits per heavy atom. The summed E-state index contributed by atoms with van der Waals surface area (Å²) in [7, 11) is 1.50. The lowest BCUT2D eigenvalue weighted by atomic mass is 9.84. The van der Waals surface area contributed by atoms with Gasteiger partial charge in [-0.2, -0.15) is 18.3 Å². The Labute approximate surface area is 203 Å². The van der Waals surface area contributed by atoms with E-state index < -0.39 is 17.6 Å². The van der Waals surface area contributed by atoms with Crippen LogP contribution in [0.4, 0.5) is 18.9 Å². The average Bonchev–Trinajstić information content (AvgIpc) is 3.21. The van der Waals surface area contributed by atoms with Gasteiger partial charge in [0.1, 0.15) is 5.75 Å². The van der Waals surface area contributed by atoms with E-state index in [0.717, 1.165) is 53.9 Å². The summed E-state index contributed by atoms with van der Waals surface area (Å²) in [6.07, 6.45) is 2.07. The molecule has 1 saturated carbocycles. The minimum atomic E-state index is -4.45. The number of carbonyl (C=O) groups excluding carboxylic acids is 1. The number of aromatic nitrogens is 2. The van der Waals surface area contributed by atoms with E-state index in [1.165, 1.54) is 20.0 Å². The lowest BCUT2D eigenvalue weighted by Crippen LogP contribution is -2.22. The molecule has 176 valence electrons. The van der Waals surface area contributed by atoms with Gasteiger partial charge in [0.2, 0.25) is 0 Å². The Bertz CT molecular complexity index is 1130. The molecule has 3 aromatic rings. The van der Waals surface area contributed by atoms with Gasteiger partial charge in [-0.05, 0) is 61.9 Å². The topological polar surface area (TPSA) is 56.1 Å². The van der Waals surface area contributed by atoms with Gasteiger partial charge in [-0.3, -0.25) is 9.48 Å². The number of benzene rings is 2. The first-order valence-electron chi connectivity index (χ1n) is 10.9. The van der Waals surface area contributed by atoms with E-state index >= 15 is 0 Å². The number of alkyl halides is 4. The number of nitrogens with one attached hydrogen (secondary N) is 1. The van der Waals surface area contributed by atoms with Crippen molar-refractivity contribution >= 4 is 45.1 Å². The van der Waals surface area contributed by atoms with Gasteiger partial charge in [-0.1, -0.05) is 29.5 Å². The number of nitrogens with zero attached hydrogens (tertiary/aromatic N) is 2. The molecule has 1 aliphatic rings. The van der Waals surface area contributed by atoms with Gasteiger partial charge in [0.25, 0.3) is 5.91 Å². The number of hydrogen-bond acceptors (Lipinski definition) is 3. The van der Waals surface area contributed by atoms with Gasteiger partial charge in [0.05, 0.1) is 29.9 Å². The lowest BCUT2D eigenvalue weighted by molar-refractivity contribution is -0.137. The molecule has 0 bridgehead atoms. The summed E-state index contributed by atoms with van der Waals surface area (Å²) in [6.45, 7) is 2.26. The molecule has 9 heteroatoms. The molecule has 1 heterocycles. The van der Waals surface area contributed by atoms with E-state index in [4.69, 9.17) is 9.84 Å². The second kappa shape index (κ2) is 9.52. The molecule has 0 saturated heterocycles. The van der Waals surface area contributed by atoms with Crippen LogP contribution in [0, 0.1) is 5.92 Å². The van der Waals surface area contributed by atoms with Crippen molar-refractivity contribution in [3.63, 3.8) is 0 Å². The molecule has 1 amide bonds. The molecular formula is C24H25F3IN3O2. The Morgan fingerprint density at radius 3 is 2.42 bits per heavy atom. The number of anilines is 1. The van der Waals surface area contributed by atoms with Gasteiger partial charge in [0, 0.05) is 27.1 Å². The maximum absolute atomic E-state index is 12.8. The number of fused-ring (bicyclic) bond motifs is 1. The predicted octanol–water partition coefficient (Wildman–Crippen LogP) is 6.87. The van der Waals surface area contributed by atoms with Crippen molar-refractivity contribution in [3.8, 4) is 5.75 Å². The predicted molar refractivity (Wildman–Crippen MR) is 130 cm³/mol. The lowest BCUT2D eigenvalue weighted by Gasteiger charge is -2.30. The summed E-state index contributed by atoms with van der Waals surface area (Å²) in [5.41, 5.74) is 0.537. The van der Waals surface area contributed by atoms with E-state index in [1.807, 2.05) is 10.9 Å². The van der Waals surface area contributed by atoms with Gasteiger partial charge >= 0.3 is 6.18 Å². The van der Waals surface area contributed by atoms with E-state index in [-0.39, 0.29) is 5.56 Å². The highest BCUT2D eigenvalue weighted by molar-refractivity contribution is 14.1. The summed E-state index contributed by atoms with van der Waals surface area (Å²) in [5.74, 6) is 0.675. The van der Waals surface area contributed by atoms with Crippen LogP contribution < -0.4 is 10.1 Å². The monoisotopic (exact) mass is 571 g/mol. The van der Waals surface area contributed by atoms with Crippen molar-refractivity contribution < 1.29 is 22.7 Å². The van der Waals surface area contributed by atoms with Gasteiger partial charge in [0.15, 0.2) is 0 Å². The first kappa shape index (κ1) is 23.8. The fraction of sp³-hybridized carbons (Fsp3) is 0.417. The maximum atomic E-state index is 12.8. The smallest absolute Gasteiger partial charge is 0.416 e. The molecule has 0 spiro atoms. The summed E-state index contributed by atoms with van der Waals surface area (Å²) < 4.78 is 46.5. The third-order valence-corrected chi connectivity index (χ3v) is 7.35. The van der Waals surface area contributed by atoms with Crippen molar-refractivity contribution in [3.05, 3.63) is 53.7 Å². The molecule has 1 N–H and O–H groups in total. The SMILES string of the molecule is COc1cc2nn([C@H]3CC[C@H](C(C)I)CC3)cc2cc1NC(=O)c1ccc(C(F)(F)F)cc1. The zero-order chi connectivity index (χ0) is 23.8. The van der Waals surface area contributed by atoms with E-state index in [0.29, 0.717) is 21.4 Å². The minimum absolute atomic E-state index is 0.127. The van der Waals surface area contributed by atoms with E-state index in [1.54, 1.807) is 12.1 Å². The fourth-order valence-corrected chi connectivity index (χ4v) is 5.07. The van der Waals surface area contributed by atoms with Crippen LogP contribution in [-0.4, -0.2) is 26.7 Å². The third-order valence-electron chi connectivity index (χ3n) is 6.33. The molecule has 1 unspecified atom stereocenters. The zero-order valence-electron chi connectivity index (χ0n) is 18.3. The van der Waals surface area contributed by atoms with Crippen LogP contribution in [0.5, 0.6) is 5.75 Å². The molecular weight excluding hydrogens is 546 g/mol. The largest absolute Gasteiger partial charge is 0.494 e. The maximum Gasteiger partial charge on any atom is 0.416 e. The fourth-order valence-electron chi connectivity index (χ4n) is 4.36. The van der Waals surface area contributed by atoms with Crippen LogP contribution in [0.2, 0.25) is 0 Å². The van der Waals surface area contributed by atoms with Crippen LogP contribution in [-0.2, 0) is 6.18 Å². The summed E-state index contributed by atoms with van der Waals surface area (Å²) >= 11 is 2.50. The molecule has 1 aromatic heterocycles. The first-order valence-corrected chi connectivity index (χ1v) is 12.1. The number of halogens is 4. The Balaban J connectivity index is 1.54. The van der Waals surface area contributed by atoms with Crippen LogP contribution in [0.1, 0.15) is 54.6 Å². The van der Waals surface area contributed by atoms with Crippen molar-refractivity contribution in [1.29, 1.82) is 0 Å². The van der Waals surface area contributed by atoms with Gasteiger partial charge in [-0.25, -0.2) is 0 Å². The number of carbonyl (C=O) groups is 1. The van der Waals surface area contributed by atoms with Crippen LogP contribution >= 0.6 is 22.6 Å². The van der Waals surface area contributed by atoms with Crippen LogP contribution in [0.3, 0.4) is 0 Å². The molecule has 4 rings (SSSR count). The van der Waals surface area contributed by atoms with E-state index in [2.05, 4.69) is 34.8 Å². The summed E-state index contributed by atoms with van der Waals surface area (Å²) in [4.78, 5) is 12.6. The quantitative estimate of drug-likeness (QED) is 0.269. The summed E-state index contributed by atoms with van der Waals surface area (Å²) in [6, 6.07) is 8.02. The van der Waals surface area contributed by atoms with Gasteiger partial charge < -0.3 is 10.1 Å². The molecule has 0 aliphatic heterocycles. The number of methoxy groups -OCH3 is 1. The molecule has 1 fully saturated rings. The second-order valence-corrected chi connectivity index (χ2v) is 10.5. The average molecular weight is 571 g/mol. The normalized spacial score (nSPS) is 19.9. The summed E-state index contributed by atoms with van der Waals surface area (Å²) in [5, 5.41) is 8.36. The highest BCUT2D eigenvalue weighted by Crippen LogP contribution is 2.37.